The lowest BCUT2D eigenvalue weighted by Gasteiger charge is -2.23. The first kappa shape index (κ1) is 15.7. The molecule has 0 saturated heterocycles. The Morgan fingerprint density at radius 1 is 1.08 bits per heavy atom. The van der Waals surface area contributed by atoms with Crippen molar-refractivity contribution in [2.24, 2.45) is 5.10 Å². The fourth-order valence-electron chi connectivity index (χ4n) is 3.06. The van der Waals surface area contributed by atoms with Gasteiger partial charge in [0.2, 0.25) is 0 Å². The second-order valence-electron chi connectivity index (χ2n) is 5.84. The Balaban J connectivity index is 1.73. The Morgan fingerprint density at radius 2 is 1.84 bits per heavy atom. The first-order valence-electron chi connectivity index (χ1n) is 8.11. The number of nitrogens with zero attached hydrogens (tertiary/aromatic N) is 4. The van der Waals surface area contributed by atoms with E-state index in [4.69, 9.17) is 17.3 Å². The fraction of sp³-hybridized carbons (Fsp3) is 0.158. The third-order valence-corrected chi connectivity index (χ3v) is 4.71. The Morgan fingerprint density at radius 3 is 2.60 bits per heavy atom. The number of fused-ring (bicyclic) bond motifs is 1. The average molecular weight is 347 g/mol. The maximum atomic E-state index is 5.47. The van der Waals surface area contributed by atoms with E-state index in [0.29, 0.717) is 5.11 Å². The summed E-state index contributed by atoms with van der Waals surface area (Å²) in [7, 11) is 1.82. The minimum atomic E-state index is 0.0431. The Kier molecular flexibility index (Phi) is 4.11. The summed E-state index contributed by atoms with van der Waals surface area (Å²) >= 11 is 5.47. The van der Waals surface area contributed by atoms with Gasteiger partial charge in [-0.15, -0.1) is 0 Å². The quantitative estimate of drug-likeness (QED) is 0.721. The lowest BCUT2D eigenvalue weighted by molar-refractivity contribution is 0.367. The summed E-state index contributed by atoms with van der Waals surface area (Å²) in [5, 5.41) is 10.3. The molecule has 2 heterocycles. The van der Waals surface area contributed by atoms with Gasteiger partial charge in [0.05, 0.1) is 22.8 Å². The van der Waals surface area contributed by atoms with Crippen LogP contribution in [0, 0.1) is 0 Å². The zero-order valence-corrected chi connectivity index (χ0v) is 14.6. The number of aromatic nitrogens is 2. The smallest absolute Gasteiger partial charge is 0.189 e. The fourth-order valence-corrected chi connectivity index (χ4v) is 3.23. The minimum Gasteiger partial charge on any atom is -0.364 e. The molecule has 0 fully saturated rings. The molecule has 1 atom stereocenters. The van der Waals surface area contributed by atoms with Gasteiger partial charge in [-0.05, 0) is 35.5 Å². The average Bonchev–Trinajstić information content (AvgIpc) is 3.13. The summed E-state index contributed by atoms with van der Waals surface area (Å²) in [6, 6.07) is 16.4. The van der Waals surface area contributed by atoms with E-state index >= 15 is 0 Å². The summed E-state index contributed by atoms with van der Waals surface area (Å²) in [4.78, 5) is 8.75. The molecule has 0 saturated carbocycles. The van der Waals surface area contributed by atoms with Gasteiger partial charge in [-0.3, -0.25) is 9.97 Å². The van der Waals surface area contributed by atoms with Crippen LogP contribution in [0.4, 0.5) is 0 Å². The van der Waals surface area contributed by atoms with Crippen molar-refractivity contribution in [2.45, 2.75) is 12.5 Å². The van der Waals surface area contributed by atoms with Gasteiger partial charge in [-0.2, -0.15) is 5.10 Å². The van der Waals surface area contributed by atoms with Gasteiger partial charge in [0.15, 0.2) is 5.11 Å². The highest BCUT2D eigenvalue weighted by atomic mass is 32.1. The van der Waals surface area contributed by atoms with Crippen molar-refractivity contribution in [3.63, 3.8) is 0 Å². The van der Waals surface area contributed by atoms with Crippen LogP contribution in [0.25, 0.3) is 11.0 Å². The number of hydrazone groups is 1. The zero-order valence-electron chi connectivity index (χ0n) is 13.8. The highest BCUT2D eigenvalue weighted by Crippen LogP contribution is 2.33. The molecular weight excluding hydrogens is 330 g/mol. The van der Waals surface area contributed by atoms with Crippen LogP contribution in [0.2, 0.25) is 0 Å². The molecule has 6 heteroatoms. The van der Waals surface area contributed by atoms with Crippen LogP contribution in [-0.4, -0.2) is 32.8 Å². The number of nitrogens with one attached hydrogen (secondary N) is 1. The van der Waals surface area contributed by atoms with E-state index < -0.39 is 0 Å². The van der Waals surface area contributed by atoms with Gasteiger partial charge in [0, 0.05) is 25.9 Å². The van der Waals surface area contributed by atoms with Crippen molar-refractivity contribution < 1.29 is 0 Å². The molecule has 1 aliphatic rings. The lowest BCUT2D eigenvalue weighted by atomic mass is 9.98. The second-order valence-corrected chi connectivity index (χ2v) is 6.22. The van der Waals surface area contributed by atoms with Crippen molar-refractivity contribution in [1.29, 1.82) is 0 Å². The van der Waals surface area contributed by atoms with E-state index in [2.05, 4.69) is 39.6 Å². The van der Waals surface area contributed by atoms with E-state index in [0.717, 1.165) is 34.3 Å². The predicted octanol–water partition coefficient (Wildman–Crippen LogP) is 3.29. The number of hydrogen-bond donors (Lipinski definition) is 1. The molecule has 1 aromatic heterocycles. The molecule has 0 bridgehead atoms. The Bertz CT molecular complexity index is 954. The van der Waals surface area contributed by atoms with Crippen LogP contribution in [0.15, 0.2) is 66.0 Å². The maximum Gasteiger partial charge on any atom is 0.189 e. The summed E-state index contributed by atoms with van der Waals surface area (Å²) in [6.07, 6.45) is 4.21. The molecule has 1 N–H and O–H groups in total. The lowest BCUT2D eigenvalue weighted by Crippen LogP contribution is -2.34. The summed E-state index contributed by atoms with van der Waals surface area (Å²) in [5.74, 6) is 0. The minimum absolute atomic E-state index is 0.0431. The van der Waals surface area contributed by atoms with Crippen molar-refractivity contribution in [2.75, 3.05) is 7.05 Å². The van der Waals surface area contributed by atoms with Gasteiger partial charge in [0.25, 0.3) is 0 Å². The van der Waals surface area contributed by atoms with Crippen LogP contribution in [0.5, 0.6) is 0 Å². The van der Waals surface area contributed by atoms with E-state index in [1.807, 2.05) is 36.3 Å². The van der Waals surface area contributed by atoms with Crippen LogP contribution in [0.3, 0.4) is 0 Å². The Hall–Kier alpha value is -2.86. The maximum absolute atomic E-state index is 5.47. The topological polar surface area (TPSA) is 53.4 Å². The molecule has 4 rings (SSSR count). The van der Waals surface area contributed by atoms with Crippen LogP contribution < -0.4 is 5.32 Å². The first-order valence-corrected chi connectivity index (χ1v) is 8.51. The highest BCUT2D eigenvalue weighted by molar-refractivity contribution is 7.80. The normalized spacial score (nSPS) is 16.8. The van der Waals surface area contributed by atoms with E-state index in [9.17, 15) is 0 Å². The SMILES string of the molecule is CNC(=S)N1N=C(c2ccccc2)C[C@@H]1c1ccc2nccnc2c1. The number of rotatable bonds is 2. The summed E-state index contributed by atoms with van der Waals surface area (Å²) < 4.78 is 0. The van der Waals surface area contributed by atoms with E-state index in [-0.39, 0.29) is 6.04 Å². The molecule has 5 nitrogen and oxygen atoms in total. The molecule has 124 valence electrons. The van der Waals surface area contributed by atoms with Gasteiger partial charge < -0.3 is 5.32 Å². The van der Waals surface area contributed by atoms with E-state index in [1.165, 1.54) is 0 Å². The van der Waals surface area contributed by atoms with Crippen molar-refractivity contribution >= 4 is 34.1 Å². The third kappa shape index (κ3) is 2.96. The molecule has 0 aliphatic carbocycles. The number of benzene rings is 2. The van der Waals surface area contributed by atoms with Gasteiger partial charge in [-0.1, -0.05) is 36.4 Å². The zero-order chi connectivity index (χ0) is 17.2. The third-order valence-electron chi connectivity index (χ3n) is 4.32. The molecule has 0 spiro atoms. The van der Waals surface area contributed by atoms with Crippen LogP contribution in [0.1, 0.15) is 23.6 Å². The molecular formula is C19H17N5S. The highest BCUT2D eigenvalue weighted by Gasteiger charge is 2.31. The molecule has 2 aromatic carbocycles. The predicted molar refractivity (Wildman–Crippen MR) is 103 cm³/mol. The Labute approximate surface area is 151 Å². The molecule has 3 aromatic rings. The van der Waals surface area contributed by atoms with Crippen LogP contribution >= 0.6 is 12.2 Å². The number of hydrogen-bond acceptors (Lipinski definition) is 4. The number of thiocarbonyl (C=S) groups is 1. The molecule has 25 heavy (non-hydrogen) atoms. The monoisotopic (exact) mass is 347 g/mol. The van der Waals surface area contributed by atoms with Crippen molar-refractivity contribution in [3.05, 3.63) is 72.1 Å². The first-order chi connectivity index (χ1) is 12.3. The molecule has 0 radical (unpaired) electrons. The molecule has 0 unspecified atom stereocenters. The van der Waals surface area contributed by atoms with Gasteiger partial charge in [-0.25, -0.2) is 5.01 Å². The summed E-state index contributed by atoms with van der Waals surface area (Å²) in [6.45, 7) is 0. The van der Waals surface area contributed by atoms with E-state index in [1.54, 1.807) is 12.4 Å². The molecule has 1 aliphatic heterocycles. The van der Waals surface area contributed by atoms with Gasteiger partial charge in [0.1, 0.15) is 0 Å². The van der Waals surface area contributed by atoms with Gasteiger partial charge >= 0.3 is 0 Å². The molecule has 0 amide bonds. The largest absolute Gasteiger partial charge is 0.364 e. The standard InChI is InChI=1S/C19H17N5S/c1-20-19(25)24-18(12-16(23-24)13-5-3-2-4-6-13)14-7-8-15-17(11-14)22-10-9-21-15/h2-11,18H,12H2,1H3,(H,20,25)/t18-/m1/s1. The second kappa shape index (κ2) is 6.57. The summed E-state index contributed by atoms with van der Waals surface area (Å²) in [5.41, 5.74) is 5.04. The van der Waals surface area contributed by atoms with Crippen LogP contribution in [-0.2, 0) is 0 Å². The van der Waals surface area contributed by atoms with Crippen molar-refractivity contribution in [1.82, 2.24) is 20.3 Å². The van der Waals surface area contributed by atoms with Crippen molar-refractivity contribution in [3.8, 4) is 0 Å².